The summed E-state index contributed by atoms with van der Waals surface area (Å²) in [5.41, 5.74) is 0.734. The molecule has 2 aromatic rings. The number of carbonyl (C=O) groups excluding carboxylic acids is 1. The van der Waals surface area contributed by atoms with Gasteiger partial charge in [0, 0.05) is 38.3 Å². The number of carbonyl (C=O) groups is 1. The molecule has 2 heterocycles. The highest BCUT2D eigenvalue weighted by Crippen LogP contribution is 2.23. The molecule has 1 aliphatic heterocycles. The van der Waals surface area contributed by atoms with Crippen LogP contribution in [0.25, 0.3) is 11.3 Å². The van der Waals surface area contributed by atoms with E-state index in [0.717, 1.165) is 18.7 Å². The van der Waals surface area contributed by atoms with Crippen molar-refractivity contribution in [3.8, 4) is 11.3 Å². The molecule has 24 heavy (non-hydrogen) atoms. The maximum Gasteiger partial charge on any atom is 0.289 e. The van der Waals surface area contributed by atoms with Crippen LogP contribution in [0.2, 0.25) is 0 Å². The number of β-amino-alcohol motifs (C(OH)–C–C–N with tert-alkyl or cyclic N) is 1. The van der Waals surface area contributed by atoms with E-state index in [9.17, 15) is 14.3 Å². The van der Waals surface area contributed by atoms with Gasteiger partial charge in [-0.3, -0.25) is 9.69 Å². The molecular weight excluding hydrogens is 311 g/mol. The molecule has 0 bridgehead atoms. The van der Waals surface area contributed by atoms with Gasteiger partial charge in [0.25, 0.3) is 5.91 Å². The number of benzene rings is 1. The molecule has 1 N–H and O–H groups in total. The Kier molecular flexibility index (Phi) is 4.97. The van der Waals surface area contributed by atoms with E-state index in [0.29, 0.717) is 31.2 Å². The Morgan fingerprint density at radius 1 is 1.17 bits per heavy atom. The summed E-state index contributed by atoms with van der Waals surface area (Å²) in [6.45, 7) is 5.08. The van der Waals surface area contributed by atoms with Crippen molar-refractivity contribution in [3.05, 3.63) is 48.0 Å². The van der Waals surface area contributed by atoms with E-state index in [2.05, 4.69) is 4.90 Å². The molecule has 0 saturated carbocycles. The fourth-order valence-electron chi connectivity index (χ4n) is 2.89. The summed E-state index contributed by atoms with van der Waals surface area (Å²) in [5.74, 6) is 0.390. The number of furan rings is 1. The highest BCUT2D eigenvalue weighted by molar-refractivity contribution is 5.92. The summed E-state index contributed by atoms with van der Waals surface area (Å²) >= 11 is 0. The third-order valence-corrected chi connectivity index (χ3v) is 4.13. The van der Waals surface area contributed by atoms with Crippen LogP contribution in [0.4, 0.5) is 4.39 Å². The maximum atomic E-state index is 13.0. The van der Waals surface area contributed by atoms with Crippen LogP contribution in [0.1, 0.15) is 17.5 Å². The fourth-order valence-corrected chi connectivity index (χ4v) is 2.89. The summed E-state index contributed by atoms with van der Waals surface area (Å²) in [6, 6.07) is 9.35. The predicted molar refractivity (Wildman–Crippen MR) is 88.1 cm³/mol. The SMILES string of the molecule is C[C@@H](O)CN1CCN(C(=O)c2ccc(-c3ccc(F)cc3)o2)CC1. The highest BCUT2D eigenvalue weighted by atomic mass is 19.1. The van der Waals surface area contributed by atoms with Crippen LogP contribution in [0.15, 0.2) is 40.8 Å². The number of hydrogen-bond donors (Lipinski definition) is 1. The van der Waals surface area contributed by atoms with Crippen LogP contribution in [-0.2, 0) is 0 Å². The topological polar surface area (TPSA) is 56.9 Å². The number of amides is 1. The Balaban J connectivity index is 1.63. The van der Waals surface area contributed by atoms with Crippen molar-refractivity contribution < 1.29 is 18.7 Å². The molecule has 0 aliphatic carbocycles. The molecule has 0 spiro atoms. The van der Waals surface area contributed by atoms with Crippen LogP contribution < -0.4 is 0 Å². The van der Waals surface area contributed by atoms with Crippen molar-refractivity contribution >= 4 is 5.91 Å². The molecule has 1 amide bonds. The molecule has 1 fully saturated rings. The summed E-state index contributed by atoms with van der Waals surface area (Å²) in [5, 5.41) is 9.43. The van der Waals surface area contributed by atoms with Crippen molar-refractivity contribution in [2.45, 2.75) is 13.0 Å². The lowest BCUT2D eigenvalue weighted by atomic mass is 10.2. The average Bonchev–Trinajstić information content (AvgIpc) is 3.05. The molecule has 1 saturated heterocycles. The minimum absolute atomic E-state index is 0.139. The third-order valence-electron chi connectivity index (χ3n) is 4.13. The van der Waals surface area contributed by atoms with Gasteiger partial charge in [-0.15, -0.1) is 0 Å². The number of piperazine rings is 1. The molecule has 6 heteroatoms. The summed E-state index contributed by atoms with van der Waals surface area (Å²) in [7, 11) is 0. The van der Waals surface area contributed by atoms with Crippen LogP contribution in [0.5, 0.6) is 0 Å². The summed E-state index contributed by atoms with van der Waals surface area (Å²) in [6.07, 6.45) is -0.365. The number of rotatable bonds is 4. The van der Waals surface area contributed by atoms with Crippen LogP contribution in [-0.4, -0.2) is 59.6 Å². The first-order chi connectivity index (χ1) is 11.5. The monoisotopic (exact) mass is 332 g/mol. The minimum Gasteiger partial charge on any atom is -0.451 e. The van der Waals surface area contributed by atoms with Gasteiger partial charge in [-0.25, -0.2) is 4.39 Å². The Bertz CT molecular complexity index is 689. The van der Waals surface area contributed by atoms with E-state index in [4.69, 9.17) is 4.42 Å². The van der Waals surface area contributed by atoms with E-state index >= 15 is 0 Å². The van der Waals surface area contributed by atoms with Gasteiger partial charge in [0.1, 0.15) is 11.6 Å². The Hall–Kier alpha value is -2.18. The van der Waals surface area contributed by atoms with Crippen molar-refractivity contribution in [2.24, 2.45) is 0 Å². The quantitative estimate of drug-likeness (QED) is 0.933. The molecule has 1 aromatic carbocycles. The number of halogens is 1. The van der Waals surface area contributed by atoms with Crippen molar-refractivity contribution in [1.82, 2.24) is 9.80 Å². The number of hydrogen-bond acceptors (Lipinski definition) is 4. The Morgan fingerprint density at radius 3 is 2.46 bits per heavy atom. The molecule has 5 nitrogen and oxygen atoms in total. The molecule has 128 valence electrons. The largest absolute Gasteiger partial charge is 0.451 e. The smallest absolute Gasteiger partial charge is 0.289 e. The standard InChI is InChI=1S/C18H21FN2O3/c1-13(22)12-20-8-10-21(11-9-20)18(23)17-7-6-16(24-17)14-2-4-15(19)5-3-14/h2-7,13,22H,8-12H2,1H3/t13-/m1/s1. The zero-order valence-corrected chi connectivity index (χ0v) is 13.6. The first-order valence-corrected chi connectivity index (χ1v) is 8.08. The second kappa shape index (κ2) is 7.15. The molecule has 3 rings (SSSR count). The van der Waals surface area contributed by atoms with Crippen LogP contribution in [0.3, 0.4) is 0 Å². The molecule has 0 unspecified atom stereocenters. The second-order valence-electron chi connectivity index (χ2n) is 6.11. The normalized spacial score (nSPS) is 17.0. The molecule has 1 aliphatic rings. The Morgan fingerprint density at radius 2 is 1.83 bits per heavy atom. The van der Waals surface area contributed by atoms with Gasteiger partial charge >= 0.3 is 0 Å². The highest BCUT2D eigenvalue weighted by Gasteiger charge is 2.24. The van der Waals surface area contributed by atoms with E-state index in [-0.39, 0.29) is 17.8 Å². The zero-order chi connectivity index (χ0) is 17.1. The minimum atomic E-state index is -0.365. The average molecular weight is 332 g/mol. The number of aliphatic hydroxyl groups excluding tert-OH is 1. The van der Waals surface area contributed by atoms with Crippen molar-refractivity contribution in [1.29, 1.82) is 0 Å². The van der Waals surface area contributed by atoms with Gasteiger partial charge in [0.05, 0.1) is 6.10 Å². The lowest BCUT2D eigenvalue weighted by Crippen LogP contribution is -2.50. The third kappa shape index (κ3) is 3.83. The molecule has 1 aromatic heterocycles. The first-order valence-electron chi connectivity index (χ1n) is 8.08. The lowest BCUT2D eigenvalue weighted by Gasteiger charge is -2.34. The summed E-state index contributed by atoms with van der Waals surface area (Å²) < 4.78 is 18.6. The summed E-state index contributed by atoms with van der Waals surface area (Å²) in [4.78, 5) is 16.4. The molecule has 1 atom stereocenters. The van der Waals surface area contributed by atoms with E-state index < -0.39 is 0 Å². The number of aliphatic hydroxyl groups is 1. The van der Waals surface area contributed by atoms with Gasteiger partial charge in [-0.05, 0) is 43.3 Å². The maximum absolute atomic E-state index is 13.0. The van der Waals surface area contributed by atoms with Gasteiger partial charge in [0.2, 0.25) is 0 Å². The first kappa shape index (κ1) is 16.7. The second-order valence-corrected chi connectivity index (χ2v) is 6.11. The number of nitrogens with zero attached hydrogens (tertiary/aromatic N) is 2. The van der Waals surface area contributed by atoms with E-state index in [1.807, 2.05) is 0 Å². The van der Waals surface area contributed by atoms with Crippen LogP contribution in [0, 0.1) is 5.82 Å². The van der Waals surface area contributed by atoms with Gasteiger partial charge in [0.15, 0.2) is 5.76 Å². The van der Waals surface area contributed by atoms with Crippen LogP contribution >= 0.6 is 0 Å². The van der Waals surface area contributed by atoms with Gasteiger partial charge < -0.3 is 14.4 Å². The van der Waals surface area contributed by atoms with Gasteiger partial charge in [-0.1, -0.05) is 0 Å². The fraction of sp³-hybridized carbons (Fsp3) is 0.389. The predicted octanol–water partition coefficient (Wildman–Crippen LogP) is 2.22. The zero-order valence-electron chi connectivity index (χ0n) is 13.6. The van der Waals surface area contributed by atoms with E-state index in [1.165, 1.54) is 12.1 Å². The molecular formula is C18H21FN2O3. The Labute approximate surface area is 140 Å². The van der Waals surface area contributed by atoms with Crippen molar-refractivity contribution in [2.75, 3.05) is 32.7 Å². The van der Waals surface area contributed by atoms with Gasteiger partial charge in [-0.2, -0.15) is 0 Å². The lowest BCUT2D eigenvalue weighted by molar-refractivity contribution is 0.0529. The van der Waals surface area contributed by atoms with Crippen molar-refractivity contribution in [3.63, 3.8) is 0 Å². The van der Waals surface area contributed by atoms with E-state index in [1.54, 1.807) is 36.1 Å². The molecule has 0 radical (unpaired) electrons.